The first-order valence-corrected chi connectivity index (χ1v) is 40.3. The lowest BCUT2D eigenvalue weighted by molar-refractivity contribution is -0.161. The van der Waals surface area contributed by atoms with E-state index < -0.39 is 97.5 Å². The van der Waals surface area contributed by atoms with E-state index in [2.05, 4.69) is 55.4 Å². The Morgan fingerprint density at radius 1 is 0.308 bits per heavy atom. The van der Waals surface area contributed by atoms with Crippen LogP contribution in [0.2, 0.25) is 0 Å². The second-order valence-electron chi connectivity index (χ2n) is 27.4. The zero-order valence-corrected chi connectivity index (χ0v) is 61.3. The van der Waals surface area contributed by atoms with Crippen LogP contribution >= 0.6 is 15.6 Å². The Bertz CT molecular complexity index is 1800. The number of carbonyl (C=O) groups is 4. The number of unbranched alkanes of at least 4 members (excludes halogenated alkanes) is 33. The van der Waals surface area contributed by atoms with Crippen molar-refractivity contribution in [3.05, 3.63) is 0 Å². The molecular weight excluding hydrogens is 1200 g/mol. The van der Waals surface area contributed by atoms with E-state index in [4.69, 9.17) is 37.0 Å². The molecule has 0 bridgehead atoms. The van der Waals surface area contributed by atoms with E-state index in [0.29, 0.717) is 25.7 Å². The molecule has 7 atom stereocenters. The van der Waals surface area contributed by atoms with Gasteiger partial charge in [-0.25, -0.2) is 9.13 Å². The summed E-state index contributed by atoms with van der Waals surface area (Å²) in [5.74, 6) is 0.931. The van der Waals surface area contributed by atoms with Gasteiger partial charge in [-0.15, -0.1) is 0 Å². The number of rotatable bonds is 69. The Labute approximate surface area is 556 Å². The maximum Gasteiger partial charge on any atom is 0.472 e. The second kappa shape index (κ2) is 61.6. The fraction of sp³-hybridized carbons (Fsp3) is 0.944. The molecule has 0 heterocycles. The molecule has 91 heavy (non-hydrogen) atoms. The average Bonchev–Trinajstić information content (AvgIpc) is 2.90. The lowest BCUT2D eigenvalue weighted by Gasteiger charge is -2.21. The third kappa shape index (κ3) is 63.9. The molecule has 3 N–H and O–H groups in total. The van der Waals surface area contributed by atoms with Crippen molar-refractivity contribution in [3.8, 4) is 0 Å². The van der Waals surface area contributed by atoms with Gasteiger partial charge in [-0.3, -0.25) is 37.3 Å². The van der Waals surface area contributed by atoms with Crippen molar-refractivity contribution in [1.29, 1.82) is 0 Å². The molecule has 0 fully saturated rings. The Morgan fingerprint density at radius 3 is 0.780 bits per heavy atom. The number of phosphoric ester groups is 2. The van der Waals surface area contributed by atoms with Gasteiger partial charge in [0.1, 0.15) is 19.3 Å². The van der Waals surface area contributed by atoms with E-state index in [1.54, 1.807) is 0 Å². The van der Waals surface area contributed by atoms with E-state index in [1.165, 1.54) is 154 Å². The molecule has 0 spiro atoms. The monoisotopic (exact) mass is 1340 g/mol. The quantitative estimate of drug-likeness (QED) is 0.0222. The van der Waals surface area contributed by atoms with Gasteiger partial charge in [-0.1, -0.05) is 306 Å². The van der Waals surface area contributed by atoms with Crippen molar-refractivity contribution >= 4 is 39.5 Å². The average molecular weight is 1340 g/mol. The molecule has 540 valence electrons. The van der Waals surface area contributed by atoms with Crippen LogP contribution in [0.15, 0.2) is 0 Å². The number of hydrogen-bond acceptors (Lipinski definition) is 15. The van der Waals surface area contributed by atoms with Crippen LogP contribution in [0.5, 0.6) is 0 Å². The van der Waals surface area contributed by atoms with Crippen LogP contribution < -0.4 is 0 Å². The predicted molar refractivity (Wildman–Crippen MR) is 367 cm³/mol. The summed E-state index contributed by atoms with van der Waals surface area (Å²) >= 11 is 0. The third-order valence-corrected chi connectivity index (χ3v) is 19.2. The molecule has 19 heteroatoms. The van der Waals surface area contributed by atoms with E-state index in [0.717, 1.165) is 120 Å². The number of ether oxygens (including phenoxy) is 4. The number of hydrogen-bond donors (Lipinski definition) is 3. The largest absolute Gasteiger partial charge is 0.472 e. The number of esters is 4. The van der Waals surface area contributed by atoms with Crippen LogP contribution in [0.4, 0.5) is 0 Å². The van der Waals surface area contributed by atoms with Crippen molar-refractivity contribution in [2.75, 3.05) is 39.6 Å². The van der Waals surface area contributed by atoms with Crippen LogP contribution in [0.1, 0.15) is 357 Å². The summed E-state index contributed by atoms with van der Waals surface area (Å²) < 4.78 is 68.4. The molecule has 0 aromatic heterocycles. The van der Waals surface area contributed by atoms with Crippen LogP contribution in [0, 0.1) is 23.7 Å². The van der Waals surface area contributed by atoms with Crippen LogP contribution in [-0.4, -0.2) is 96.7 Å². The van der Waals surface area contributed by atoms with Crippen molar-refractivity contribution in [1.82, 2.24) is 0 Å². The highest BCUT2D eigenvalue weighted by molar-refractivity contribution is 7.47. The molecule has 0 aromatic rings. The van der Waals surface area contributed by atoms with E-state index in [9.17, 15) is 43.2 Å². The number of phosphoric acid groups is 2. The predicted octanol–water partition coefficient (Wildman–Crippen LogP) is 20.5. The molecule has 0 aromatic carbocycles. The third-order valence-electron chi connectivity index (χ3n) is 17.3. The first kappa shape index (κ1) is 89.1. The van der Waals surface area contributed by atoms with Crippen LogP contribution in [0.3, 0.4) is 0 Å². The summed E-state index contributed by atoms with van der Waals surface area (Å²) in [7, 11) is -9.91. The highest BCUT2D eigenvalue weighted by Gasteiger charge is 2.30. The summed E-state index contributed by atoms with van der Waals surface area (Å²) in [6, 6.07) is 0. The zero-order chi connectivity index (χ0) is 67.5. The highest BCUT2D eigenvalue weighted by Crippen LogP contribution is 2.45. The molecule has 0 aliphatic rings. The van der Waals surface area contributed by atoms with Crippen molar-refractivity contribution in [2.24, 2.45) is 23.7 Å². The second-order valence-corrected chi connectivity index (χ2v) is 30.3. The van der Waals surface area contributed by atoms with Crippen molar-refractivity contribution in [3.63, 3.8) is 0 Å². The molecule has 0 radical (unpaired) electrons. The molecule has 0 aliphatic carbocycles. The first-order valence-electron chi connectivity index (χ1n) is 37.3. The summed E-state index contributed by atoms with van der Waals surface area (Å²) in [5, 5.41) is 10.6. The maximum atomic E-state index is 13.0. The van der Waals surface area contributed by atoms with Gasteiger partial charge in [-0.05, 0) is 49.4 Å². The minimum absolute atomic E-state index is 0.104. The Hall–Kier alpha value is -1.94. The van der Waals surface area contributed by atoms with Gasteiger partial charge >= 0.3 is 39.5 Å². The maximum absolute atomic E-state index is 13.0. The Balaban J connectivity index is 5.27. The highest BCUT2D eigenvalue weighted by atomic mass is 31.2. The summed E-state index contributed by atoms with van der Waals surface area (Å²) in [6.07, 6.45) is 44.3. The normalized spacial score (nSPS) is 14.8. The van der Waals surface area contributed by atoms with E-state index >= 15 is 0 Å². The first-order chi connectivity index (χ1) is 43.7. The molecule has 0 amide bonds. The van der Waals surface area contributed by atoms with Crippen LogP contribution in [-0.2, 0) is 65.4 Å². The summed E-state index contributed by atoms with van der Waals surface area (Å²) in [5.41, 5.74) is 0. The van der Waals surface area contributed by atoms with Crippen molar-refractivity contribution < 1.29 is 80.2 Å². The Morgan fingerprint density at radius 2 is 0.527 bits per heavy atom. The van der Waals surface area contributed by atoms with Gasteiger partial charge in [0.25, 0.3) is 0 Å². The lowest BCUT2D eigenvalue weighted by Crippen LogP contribution is -2.30. The molecule has 17 nitrogen and oxygen atoms in total. The lowest BCUT2D eigenvalue weighted by atomic mass is 9.99. The van der Waals surface area contributed by atoms with E-state index in [1.807, 2.05) is 0 Å². The van der Waals surface area contributed by atoms with Gasteiger partial charge in [0.05, 0.1) is 26.4 Å². The Kier molecular flexibility index (Phi) is 60.3. The topological polar surface area (TPSA) is 237 Å². The molecule has 0 rings (SSSR count). The van der Waals surface area contributed by atoms with Crippen molar-refractivity contribution in [2.45, 2.75) is 375 Å². The van der Waals surface area contributed by atoms with Gasteiger partial charge < -0.3 is 33.8 Å². The minimum atomic E-state index is -4.95. The van der Waals surface area contributed by atoms with Gasteiger partial charge in [0.15, 0.2) is 12.2 Å². The standard InChI is InChI=1S/C72H140O17P2/c1-9-64(7)50-42-34-26-20-15-17-21-27-36-44-52-69(74)82-58-67(88-71(76)54-46-38-28-22-13-11-12-18-24-32-40-48-62(3)4)60-86-90(78,79)84-56-66(73)57-85-91(80,81)87-61-68(59-83-70(75)53-45-37-31-30-35-43-51-65(8)10-2)89-72(77)55-47-39-29-23-16-14-19-25-33-41-49-63(5)6/h62-68,73H,9-61H2,1-8H3,(H,78,79)(H,80,81)/t64?,65?,66-,67-,68-/m1/s1. The fourth-order valence-corrected chi connectivity index (χ4v) is 12.4. The number of carbonyl (C=O) groups excluding carboxylic acids is 4. The number of aliphatic hydroxyl groups excluding tert-OH is 1. The zero-order valence-electron chi connectivity index (χ0n) is 59.5. The molecule has 0 saturated carbocycles. The van der Waals surface area contributed by atoms with E-state index in [-0.39, 0.29) is 25.7 Å². The molecular formula is C72H140O17P2. The van der Waals surface area contributed by atoms with Gasteiger partial charge in [0, 0.05) is 25.7 Å². The summed E-state index contributed by atoms with van der Waals surface area (Å²) in [4.78, 5) is 72.7. The molecule has 4 unspecified atom stereocenters. The molecule has 0 saturated heterocycles. The summed E-state index contributed by atoms with van der Waals surface area (Å²) in [6.45, 7) is 14.1. The smallest absolute Gasteiger partial charge is 0.462 e. The van der Waals surface area contributed by atoms with Gasteiger partial charge in [0.2, 0.25) is 0 Å². The minimum Gasteiger partial charge on any atom is -0.462 e. The SMILES string of the molecule is CCC(C)CCCCCCCCCCCCC(=O)OC[C@H](COP(=O)(O)OC[C@@H](O)COP(=O)(O)OC[C@@H](COC(=O)CCCCCCCCC(C)CC)OC(=O)CCCCCCCCCCCCC(C)C)OC(=O)CCCCCCCCCCCCCC(C)C. The molecule has 0 aliphatic heterocycles. The van der Waals surface area contributed by atoms with Crippen LogP contribution in [0.25, 0.3) is 0 Å². The fourth-order valence-electron chi connectivity index (χ4n) is 10.8. The number of aliphatic hydroxyl groups is 1. The van der Waals surface area contributed by atoms with Gasteiger partial charge in [-0.2, -0.15) is 0 Å².